The van der Waals surface area contributed by atoms with Gasteiger partial charge in [0.05, 0.1) is 5.92 Å². The molecule has 1 aromatic carbocycles. The van der Waals surface area contributed by atoms with E-state index in [2.05, 4.69) is 10.3 Å². The molecule has 19 heavy (non-hydrogen) atoms. The highest BCUT2D eigenvalue weighted by Crippen LogP contribution is 2.27. The van der Waals surface area contributed by atoms with Crippen LogP contribution in [0.3, 0.4) is 0 Å². The van der Waals surface area contributed by atoms with Crippen LogP contribution in [0.15, 0.2) is 28.7 Å². The van der Waals surface area contributed by atoms with Crippen molar-refractivity contribution in [3.05, 3.63) is 24.3 Å². The molecule has 0 amide bonds. The highest BCUT2D eigenvalue weighted by Gasteiger charge is 2.27. The third kappa shape index (κ3) is 2.54. The molecule has 1 fully saturated rings. The molecule has 1 aromatic heterocycles. The van der Waals surface area contributed by atoms with Gasteiger partial charge in [0.15, 0.2) is 5.58 Å². The van der Waals surface area contributed by atoms with Crippen LogP contribution in [-0.4, -0.2) is 22.1 Å². The van der Waals surface area contributed by atoms with E-state index < -0.39 is 5.97 Å². The Hall–Kier alpha value is -2.04. The van der Waals surface area contributed by atoms with E-state index in [1.807, 2.05) is 24.3 Å². The van der Waals surface area contributed by atoms with Crippen LogP contribution >= 0.6 is 0 Å². The van der Waals surface area contributed by atoms with Crippen LogP contribution in [0.5, 0.6) is 0 Å². The molecule has 2 atom stereocenters. The van der Waals surface area contributed by atoms with Crippen LogP contribution < -0.4 is 5.32 Å². The number of aliphatic carboxylic acids is 1. The summed E-state index contributed by atoms with van der Waals surface area (Å²) in [4.78, 5) is 15.4. The first-order chi connectivity index (χ1) is 9.22. The van der Waals surface area contributed by atoms with Crippen molar-refractivity contribution >= 4 is 23.1 Å². The van der Waals surface area contributed by atoms with E-state index in [1.165, 1.54) is 0 Å². The number of carboxylic acids is 1. The van der Waals surface area contributed by atoms with Crippen molar-refractivity contribution < 1.29 is 14.3 Å². The van der Waals surface area contributed by atoms with Gasteiger partial charge in [0, 0.05) is 6.04 Å². The summed E-state index contributed by atoms with van der Waals surface area (Å²) in [6.45, 7) is 0. The number of carboxylic acid groups (broad SMARTS) is 1. The number of aromatic nitrogens is 1. The van der Waals surface area contributed by atoms with Crippen molar-refractivity contribution in [1.29, 1.82) is 0 Å². The van der Waals surface area contributed by atoms with E-state index in [0.717, 1.165) is 30.4 Å². The Balaban J connectivity index is 1.72. The highest BCUT2D eigenvalue weighted by molar-refractivity contribution is 5.74. The third-order valence-corrected chi connectivity index (χ3v) is 3.64. The summed E-state index contributed by atoms with van der Waals surface area (Å²) >= 11 is 0. The SMILES string of the molecule is O=C(O)C1CCCC(Nc2nc3ccccc3o2)C1. The second-order valence-electron chi connectivity index (χ2n) is 5.03. The number of oxazole rings is 1. The van der Waals surface area contributed by atoms with Crippen LogP contribution in [0.1, 0.15) is 25.7 Å². The predicted octanol–water partition coefficient (Wildman–Crippen LogP) is 2.88. The summed E-state index contributed by atoms with van der Waals surface area (Å²) in [5.74, 6) is -0.959. The van der Waals surface area contributed by atoms with E-state index in [0.29, 0.717) is 12.4 Å². The number of anilines is 1. The van der Waals surface area contributed by atoms with Gasteiger partial charge in [0.1, 0.15) is 5.52 Å². The highest BCUT2D eigenvalue weighted by atomic mass is 16.4. The van der Waals surface area contributed by atoms with Crippen LogP contribution in [0, 0.1) is 5.92 Å². The Kier molecular flexibility index (Phi) is 3.11. The Labute approximate surface area is 110 Å². The van der Waals surface area contributed by atoms with E-state index >= 15 is 0 Å². The zero-order chi connectivity index (χ0) is 13.2. The van der Waals surface area contributed by atoms with Crippen LogP contribution in [0.2, 0.25) is 0 Å². The van der Waals surface area contributed by atoms with Crippen LogP contribution in [-0.2, 0) is 4.79 Å². The summed E-state index contributed by atoms with van der Waals surface area (Å²) in [6, 6.07) is 8.19. The lowest BCUT2D eigenvalue weighted by molar-refractivity contribution is -0.142. The third-order valence-electron chi connectivity index (χ3n) is 3.64. The Morgan fingerprint density at radius 1 is 1.37 bits per heavy atom. The molecule has 3 rings (SSSR count). The molecule has 2 aromatic rings. The van der Waals surface area contributed by atoms with Gasteiger partial charge in [-0.2, -0.15) is 4.98 Å². The second kappa shape index (κ2) is 4.91. The molecule has 2 N–H and O–H groups in total. The van der Waals surface area contributed by atoms with Crippen molar-refractivity contribution in [3.8, 4) is 0 Å². The van der Waals surface area contributed by atoms with Gasteiger partial charge in [-0.1, -0.05) is 18.6 Å². The van der Waals surface area contributed by atoms with Gasteiger partial charge in [-0.3, -0.25) is 4.79 Å². The number of nitrogens with one attached hydrogen (secondary N) is 1. The summed E-state index contributed by atoms with van der Waals surface area (Å²) in [7, 11) is 0. The summed E-state index contributed by atoms with van der Waals surface area (Å²) in [6.07, 6.45) is 3.28. The van der Waals surface area contributed by atoms with Crippen molar-refractivity contribution in [1.82, 2.24) is 4.98 Å². The van der Waals surface area contributed by atoms with Crippen molar-refractivity contribution in [2.24, 2.45) is 5.92 Å². The van der Waals surface area contributed by atoms with E-state index in [-0.39, 0.29) is 12.0 Å². The fraction of sp³-hybridized carbons (Fsp3) is 0.429. The molecule has 1 heterocycles. The molecule has 1 aliphatic rings. The number of carbonyl (C=O) groups is 1. The van der Waals surface area contributed by atoms with E-state index in [1.54, 1.807) is 0 Å². The fourth-order valence-electron chi connectivity index (χ4n) is 2.65. The lowest BCUT2D eigenvalue weighted by Gasteiger charge is -2.26. The predicted molar refractivity (Wildman–Crippen MR) is 71.0 cm³/mol. The normalized spacial score (nSPS) is 23.4. The number of hydrogen-bond acceptors (Lipinski definition) is 4. The van der Waals surface area contributed by atoms with Gasteiger partial charge >= 0.3 is 5.97 Å². The lowest BCUT2D eigenvalue weighted by Crippen LogP contribution is -2.31. The van der Waals surface area contributed by atoms with Crippen molar-refractivity contribution in [2.45, 2.75) is 31.7 Å². The monoisotopic (exact) mass is 260 g/mol. The largest absolute Gasteiger partial charge is 0.481 e. The van der Waals surface area contributed by atoms with Gasteiger partial charge < -0.3 is 14.8 Å². The zero-order valence-corrected chi connectivity index (χ0v) is 10.5. The minimum absolute atomic E-state index is 0.128. The maximum atomic E-state index is 11.0. The topological polar surface area (TPSA) is 75.4 Å². The number of benzene rings is 1. The van der Waals surface area contributed by atoms with Gasteiger partial charge in [-0.15, -0.1) is 0 Å². The first-order valence-corrected chi connectivity index (χ1v) is 6.57. The van der Waals surface area contributed by atoms with Gasteiger partial charge in [0.2, 0.25) is 0 Å². The fourth-order valence-corrected chi connectivity index (χ4v) is 2.65. The quantitative estimate of drug-likeness (QED) is 0.887. The number of fused-ring (bicyclic) bond motifs is 1. The molecular formula is C14H16N2O3. The Bertz CT molecular complexity index is 560. The standard InChI is InChI=1S/C14H16N2O3/c17-13(18)9-4-3-5-10(8-9)15-14-16-11-6-1-2-7-12(11)19-14/h1-2,6-7,9-10H,3-5,8H2,(H,15,16)(H,17,18). The number of para-hydroxylation sites is 2. The molecule has 2 unspecified atom stereocenters. The average Bonchev–Trinajstić information content (AvgIpc) is 2.81. The molecule has 5 heteroatoms. The summed E-state index contributed by atoms with van der Waals surface area (Å²) in [5, 5.41) is 12.3. The molecule has 0 radical (unpaired) electrons. The number of rotatable bonds is 3. The van der Waals surface area contributed by atoms with Gasteiger partial charge in [0.25, 0.3) is 6.01 Å². The molecule has 0 spiro atoms. The first-order valence-electron chi connectivity index (χ1n) is 6.57. The van der Waals surface area contributed by atoms with Crippen molar-refractivity contribution in [2.75, 3.05) is 5.32 Å². The van der Waals surface area contributed by atoms with Crippen LogP contribution in [0.4, 0.5) is 6.01 Å². The molecular weight excluding hydrogens is 244 g/mol. The van der Waals surface area contributed by atoms with E-state index in [9.17, 15) is 4.79 Å². The van der Waals surface area contributed by atoms with Gasteiger partial charge in [-0.25, -0.2) is 0 Å². The maximum Gasteiger partial charge on any atom is 0.306 e. The second-order valence-corrected chi connectivity index (χ2v) is 5.03. The smallest absolute Gasteiger partial charge is 0.306 e. The number of hydrogen-bond donors (Lipinski definition) is 2. The molecule has 0 aliphatic heterocycles. The van der Waals surface area contributed by atoms with E-state index in [4.69, 9.17) is 9.52 Å². The summed E-state index contributed by atoms with van der Waals surface area (Å²) in [5.41, 5.74) is 1.56. The van der Waals surface area contributed by atoms with Crippen LogP contribution in [0.25, 0.3) is 11.1 Å². The average molecular weight is 260 g/mol. The Morgan fingerprint density at radius 3 is 3.00 bits per heavy atom. The van der Waals surface area contributed by atoms with Crippen molar-refractivity contribution in [3.63, 3.8) is 0 Å². The zero-order valence-electron chi connectivity index (χ0n) is 10.5. The Morgan fingerprint density at radius 2 is 2.21 bits per heavy atom. The first kappa shape index (κ1) is 12.0. The molecule has 5 nitrogen and oxygen atoms in total. The molecule has 1 aliphatic carbocycles. The molecule has 100 valence electrons. The maximum absolute atomic E-state index is 11.0. The lowest BCUT2D eigenvalue weighted by atomic mass is 9.86. The molecule has 1 saturated carbocycles. The minimum atomic E-state index is -0.705. The van der Waals surface area contributed by atoms with Gasteiger partial charge in [-0.05, 0) is 31.4 Å². The molecule has 0 saturated heterocycles. The minimum Gasteiger partial charge on any atom is -0.481 e. The number of nitrogens with zero attached hydrogens (tertiary/aromatic N) is 1. The molecule has 0 bridgehead atoms. The summed E-state index contributed by atoms with van der Waals surface area (Å²) < 4.78 is 5.60.